The van der Waals surface area contributed by atoms with Gasteiger partial charge in [-0.2, -0.15) is 5.10 Å². The molecular formula is C20H27Cl2N5O. The summed E-state index contributed by atoms with van der Waals surface area (Å²) in [5.74, 6) is 0.0986. The van der Waals surface area contributed by atoms with E-state index in [4.69, 9.17) is 10.7 Å². The van der Waals surface area contributed by atoms with Crippen molar-refractivity contribution in [3.05, 3.63) is 48.2 Å². The smallest absolute Gasteiger partial charge is 0.252 e. The van der Waals surface area contributed by atoms with E-state index < -0.39 is 0 Å². The van der Waals surface area contributed by atoms with E-state index in [9.17, 15) is 4.79 Å². The second-order valence-corrected chi connectivity index (χ2v) is 6.89. The number of nitrogens with two attached hydrogens (primary N) is 1. The molecule has 0 aliphatic heterocycles. The lowest BCUT2D eigenvalue weighted by atomic mass is 10.1. The first kappa shape index (κ1) is 23.9. The third kappa shape index (κ3) is 5.01. The Morgan fingerprint density at radius 3 is 2.46 bits per heavy atom. The van der Waals surface area contributed by atoms with Crippen molar-refractivity contribution in [2.45, 2.75) is 26.8 Å². The van der Waals surface area contributed by atoms with Gasteiger partial charge in [0.2, 0.25) is 0 Å². The molecule has 28 heavy (non-hydrogen) atoms. The fourth-order valence-corrected chi connectivity index (χ4v) is 2.79. The number of hydrogen-bond acceptors (Lipinski definition) is 4. The summed E-state index contributed by atoms with van der Waals surface area (Å²) >= 11 is 0. The fraction of sp³-hybridized carbons (Fsp3) is 0.350. The Balaban J connectivity index is 0.00000196. The van der Waals surface area contributed by atoms with Crippen molar-refractivity contribution in [3.8, 4) is 11.3 Å². The SMILES string of the molecule is CC(CN)CNC(=O)c1cc(-c2ccccc2)nc2c1cnn2C(C)C.Cl.Cl. The highest BCUT2D eigenvalue weighted by atomic mass is 35.5. The van der Waals surface area contributed by atoms with E-state index in [0.717, 1.165) is 22.3 Å². The van der Waals surface area contributed by atoms with Crippen LogP contribution in [-0.4, -0.2) is 33.8 Å². The lowest BCUT2D eigenvalue weighted by Gasteiger charge is -2.13. The van der Waals surface area contributed by atoms with Crippen LogP contribution < -0.4 is 11.1 Å². The third-order valence-corrected chi connectivity index (χ3v) is 4.38. The molecule has 0 fully saturated rings. The molecule has 1 amide bonds. The van der Waals surface area contributed by atoms with Crippen LogP contribution >= 0.6 is 24.8 Å². The highest BCUT2D eigenvalue weighted by Crippen LogP contribution is 2.26. The molecule has 6 nitrogen and oxygen atoms in total. The highest BCUT2D eigenvalue weighted by molar-refractivity contribution is 6.06. The number of carbonyl (C=O) groups is 1. The van der Waals surface area contributed by atoms with Gasteiger partial charge in [-0.3, -0.25) is 4.79 Å². The molecule has 0 spiro atoms. The molecule has 1 unspecified atom stereocenters. The molecule has 2 heterocycles. The maximum atomic E-state index is 12.8. The summed E-state index contributed by atoms with van der Waals surface area (Å²) in [5.41, 5.74) is 8.69. The molecule has 0 radical (unpaired) electrons. The molecule has 152 valence electrons. The molecule has 1 atom stereocenters. The first-order chi connectivity index (χ1) is 12.5. The maximum Gasteiger partial charge on any atom is 0.252 e. The maximum absolute atomic E-state index is 12.8. The number of aromatic nitrogens is 3. The molecule has 3 N–H and O–H groups in total. The molecule has 0 saturated heterocycles. The Hall–Kier alpha value is -2.15. The van der Waals surface area contributed by atoms with Crippen LogP contribution in [0.2, 0.25) is 0 Å². The molecule has 1 aromatic carbocycles. The minimum Gasteiger partial charge on any atom is -0.352 e. The van der Waals surface area contributed by atoms with Gasteiger partial charge in [-0.25, -0.2) is 9.67 Å². The number of hydrogen-bond donors (Lipinski definition) is 2. The van der Waals surface area contributed by atoms with Crippen molar-refractivity contribution in [1.29, 1.82) is 0 Å². The Bertz CT molecular complexity index is 912. The number of rotatable bonds is 6. The molecule has 3 aromatic rings. The van der Waals surface area contributed by atoms with Gasteiger partial charge in [0.25, 0.3) is 5.91 Å². The van der Waals surface area contributed by atoms with Crippen LogP contribution in [0.25, 0.3) is 22.3 Å². The molecule has 0 aliphatic carbocycles. The lowest BCUT2D eigenvalue weighted by molar-refractivity contribution is 0.0950. The standard InChI is InChI=1S/C20H25N5O.2ClH/c1-13(2)25-19-17(12-23-25)16(20(26)22-11-14(3)10-21)9-18(24-19)15-7-5-4-6-8-15;;/h4-9,12-14H,10-11,21H2,1-3H3,(H,22,26);2*1H. The van der Waals surface area contributed by atoms with E-state index >= 15 is 0 Å². The van der Waals surface area contributed by atoms with E-state index in [2.05, 4.69) is 10.4 Å². The number of fused-ring (bicyclic) bond motifs is 1. The van der Waals surface area contributed by atoms with Crippen LogP contribution in [0.1, 0.15) is 37.2 Å². The second-order valence-electron chi connectivity index (χ2n) is 6.89. The van der Waals surface area contributed by atoms with E-state index in [1.54, 1.807) is 6.20 Å². The summed E-state index contributed by atoms with van der Waals surface area (Å²) < 4.78 is 1.85. The van der Waals surface area contributed by atoms with Gasteiger partial charge < -0.3 is 11.1 Å². The summed E-state index contributed by atoms with van der Waals surface area (Å²) in [5, 5.41) is 8.17. The van der Waals surface area contributed by atoms with Crippen molar-refractivity contribution in [2.75, 3.05) is 13.1 Å². The monoisotopic (exact) mass is 423 g/mol. The van der Waals surface area contributed by atoms with Gasteiger partial charge in [-0.05, 0) is 32.4 Å². The zero-order chi connectivity index (χ0) is 18.7. The van der Waals surface area contributed by atoms with E-state index in [0.29, 0.717) is 18.7 Å². The zero-order valence-corrected chi connectivity index (χ0v) is 17.9. The van der Waals surface area contributed by atoms with E-state index in [-0.39, 0.29) is 42.7 Å². The second kappa shape index (κ2) is 10.4. The third-order valence-electron chi connectivity index (χ3n) is 4.38. The average Bonchev–Trinajstić information content (AvgIpc) is 3.10. The normalized spacial score (nSPS) is 11.6. The predicted molar refractivity (Wildman–Crippen MR) is 118 cm³/mol. The predicted octanol–water partition coefficient (Wildman–Crippen LogP) is 3.85. The van der Waals surface area contributed by atoms with Gasteiger partial charge in [0.05, 0.1) is 22.8 Å². The molecule has 8 heteroatoms. The number of nitrogens with one attached hydrogen (secondary N) is 1. The minimum absolute atomic E-state index is 0. The van der Waals surface area contributed by atoms with Gasteiger partial charge in [0.1, 0.15) is 0 Å². The number of halogens is 2. The quantitative estimate of drug-likeness (QED) is 0.630. The molecule has 0 bridgehead atoms. The molecule has 2 aromatic heterocycles. The number of nitrogens with zero attached hydrogens (tertiary/aromatic N) is 3. The van der Waals surface area contributed by atoms with Crippen molar-refractivity contribution in [1.82, 2.24) is 20.1 Å². The Morgan fingerprint density at radius 1 is 1.18 bits per heavy atom. The van der Waals surface area contributed by atoms with Crippen molar-refractivity contribution in [2.24, 2.45) is 11.7 Å². The fourth-order valence-electron chi connectivity index (χ4n) is 2.79. The van der Waals surface area contributed by atoms with Crippen molar-refractivity contribution >= 4 is 41.8 Å². The zero-order valence-electron chi connectivity index (χ0n) is 16.3. The summed E-state index contributed by atoms with van der Waals surface area (Å²) in [6.45, 7) is 7.18. The van der Waals surface area contributed by atoms with Crippen LogP contribution in [-0.2, 0) is 0 Å². The van der Waals surface area contributed by atoms with Crippen LogP contribution in [0, 0.1) is 5.92 Å². The number of amides is 1. The molecule has 0 saturated carbocycles. The molecule has 0 aliphatic rings. The first-order valence-corrected chi connectivity index (χ1v) is 8.93. The number of pyridine rings is 1. The van der Waals surface area contributed by atoms with Crippen molar-refractivity contribution in [3.63, 3.8) is 0 Å². The lowest BCUT2D eigenvalue weighted by Crippen LogP contribution is -2.31. The Morgan fingerprint density at radius 2 is 1.86 bits per heavy atom. The first-order valence-electron chi connectivity index (χ1n) is 8.93. The largest absolute Gasteiger partial charge is 0.352 e. The van der Waals surface area contributed by atoms with Gasteiger partial charge >= 0.3 is 0 Å². The van der Waals surface area contributed by atoms with Crippen LogP contribution in [0.3, 0.4) is 0 Å². The highest BCUT2D eigenvalue weighted by Gasteiger charge is 2.18. The number of carbonyl (C=O) groups excluding carboxylic acids is 1. The molecular weight excluding hydrogens is 397 g/mol. The average molecular weight is 424 g/mol. The minimum atomic E-state index is -0.127. The van der Waals surface area contributed by atoms with Crippen LogP contribution in [0.5, 0.6) is 0 Å². The van der Waals surface area contributed by atoms with Crippen LogP contribution in [0.15, 0.2) is 42.6 Å². The van der Waals surface area contributed by atoms with Gasteiger partial charge in [0, 0.05) is 18.2 Å². The molecule has 3 rings (SSSR count). The van der Waals surface area contributed by atoms with Gasteiger partial charge in [-0.15, -0.1) is 24.8 Å². The van der Waals surface area contributed by atoms with E-state index in [1.807, 2.05) is 61.9 Å². The topological polar surface area (TPSA) is 85.8 Å². The summed E-state index contributed by atoms with van der Waals surface area (Å²) in [6, 6.07) is 11.9. The summed E-state index contributed by atoms with van der Waals surface area (Å²) in [4.78, 5) is 17.6. The van der Waals surface area contributed by atoms with Gasteiger partial charge in [0.15, 0.2) is 5.65 Å². The van der Waals surface area contributed by atoms with Crippen LogP contribution in [0.4, 0.5) is 0 Å². The number of benzene rings is 1. The van der Waals surface area contributed by atoms with E-state index in [1.165, 1.54) is 0 Å². The Labute approximate surface area is 177 Å². The summed E-state index contributed by atoms with van der Waals surface area (Å²) in [6.07, 6.45) is 1.72. The van der Waals surface area contributed by atoms with Gasteiger partial charge in [-0.1, -0.05) is 37.3 Å². The van der Waals surface area contributed by atoms with Crippen molar-refractivity contribution < 1.29 is 4.79 Å². The Kier molecular flexibility index (Phi) is 8.88. The summed E-state index contributed by atoms with van der Waals surface area (Å²) in [7, 11) is 0.